The minimum atomic E-state index is -4.63. The predicted molar refractivity (Wildman–Crippen MR) is 65.0 cm³/mol. The van der Waals surface area contributed by atoms with E-state index in [2.05, 4.69) is 10.2 Å². The Morgan fingerprint density at radius 1 is 1.40 bits per heavy atom. The van der Waals surface area contributed by atoms with Crippen molar-refractivity contribution < 1.29 is 26.4 Å². The molecule has 1 aromatic rings. The second-order valence-electron chi connectivity index (χ2n) is 4.17. The van der Waals surface area contributed by atoms with E-state index in [1.165, 1.54) is 0 Å². The summed E-state index contributed by atoms with van der Waals surface area (Å²) in [6.45, 7) is -0.0444. The summed E-state index contributed by atoms with van der Waals surface area (Å²) in [5.41, 5.74) is 0. The zero-order chi connectivity index (χ0) is 15.1. The van der Waals surface area contributed by atoms with Gasteiger partial charge in [-0.3, -0.25) is 9.69 Å². The molecule has 0 aliphatic carbocycles. The van der Waals surface area contributed by atoms with Gasteiger partial charge in [-0.05, 0) is 0 Å². The number of carbonyl (C=O) groups excluding carboxylic acids is 1. The van der Waals surface area contributed by atoms with E-state index in [0.717, 1.165) is 4.90 Å². The molecule has 2 heterocycles. The molecule has 1 unspecified atom stereocenters. The molecule has 0 bridgehead atoms. The van der Waals surface area contributed by atoms with Crippen molar-refractivity contribution in [1.82, 2.24) is 10.2 Å². The Morgan fingerprint density at radius 2 is 2.05 bits per heavy atom. The zero-order valence-corrected chi connectivity index (χ0v) is 12.0. The van der Waals surface area contributed by atoms with E-state index in [4.69, 9.17) is 10.7 Å². The molecule has 112 valence electrons. The molecule has 1 aliphatic rings. The number of hydrogen-bond acceptors (Lipinski definition) is 6. The fourth-order valence-corrected chi connectivity index (χ4v) is 3.86. The lowest BCUT2D eigenvalue weighted by atomic mass is 10.1. The maximum atomic E-state index is 12.4. The van der Waals surface area contributed by atoms with Gasteiger partial charge in [0.2, 0.25) is 25.1 Å². The lowest BCUT2D eigenvalue weighted by Gasteiger charge is -2.11. The molecule has 6 nitrogen and oxygen atoms in total. The average molecular weight is 350 g/mol. The molecule has 0 N–H and O–H groups in total. The summed E-state index contributed by atoms with van der Waals surface area (Å²) in [4.78, 5) is 12.7. The van der Waals surface area contributed by atoms with Crippen molar-refractivity contribution in [3.8, 4) is 0 Å². The van der Waals surface area contributed by atoms with Crippen LogP contribution in [0.2, 0.25) is 0 Å². The van der Waals surface area contributed by atoms with Crippen LogP contribution in [0, 0.1) is 5.92 Å². The molecule has 0 spiro atoms. The SMILES string of the molecule is O=C1CC(CS(=O)(=O)Cl)CN1c1nnc(C(F)(F)F)s1. The van der Waals surface area contributed by atoms with E-state index < -0.39 is 37.8 Å². The zero-order valence-electron chi connectivity index (χ0n) is 9.59. The summed E-state index contributed by atoms with van der Waals surface area (Å²) in [6, 6.07) is 0. The molecule has 0 saturated carbocycles. The molecular weight excluding hydrogens is 343 g/mol. The second-order valence-corrected chi connectivity index (χ2v) is 7.95. The first-order valence-corrected chi connectivity index (χ1v) is 8.49. The Hall–Kier alpha value is -0.940. The normalized spacial score (nSPS) is 20.7. The van der Waals surface area contributed by atoms with Crippen molar-refractivity contribution in [2.24, 2.45) is 5.92 Å². The van der Waals surface area contributed by atoms with Crippen LogP contribution in [0.4, 0.5) is 18.3 Å². The molecule has 1 atom stereocenters. The molecule has 12 heteroatoms. The van der Waals surface area contributed by atoms with Crippen molar-refractivity contribution >= 4 is 42.1 Å². The fraction of sp³-hybridized carbons (Fsp3) is 0.625. The third-order valence-electron chi connectivity index (χ3n) is 2.53. The number of anilines is 1. The Morgan fingerprint density at radius 3 is 2.55 bits per heavy atom. The Labute approximate surface area is 120 Å². The average Bonchev–Trinajstić information content (AvgIpc) is 2.81. The molecule has 0 radical (unpaired) electrons. The van der Waals surface area contributed by atoms with E-state index in [1.54, 1.807) is 0 Å². The van der Waals surface area contributed by atoms with E-state index in [9.17, 15) is 26.4 Å². The maximum Gasteiger partial charge on any atom is 0.445 e. The van der Waals surface area contributed by atoms with Gasteiger partial charge in [-0.25, -0.2) is 8.42 Å². The standard InChI is InChI=1S/C8H7ClF3N3O3S2/c9-20(17,18)3-4-1-5(16)15(2-4)7-14-13-6(19-7)8(10,11)12/h4H,1-3H2. The Balaban J connectivity index is 2.14. The van der Waals surface area contributed by atoms with Crippen LogP contribution in [0.3, 0.4) is 0 Å². The van der Waals surface area contributed by atoms with Crippen LogP contribution >= 0.6 is 22.0 Å². The predicted octanol–water partition coefficient (Wildman–Crippen LogP) is 1.48. The van der Waals surface area contributed by atoms with Gasteiger partial charge in [0.15, 0.2) is 0 Å². The molecule has 1 saturated heterocycles. The number of aromatic nitrogens is 2. The quantitative estimate of drug-likeness (QED) is 0.772. The van der Waals surface area contributed by atoms with Crippen molar-refractivity contribution in [3.63, 3.8) is 0 Å². The summed E-state index contributed by atoms with van der Waals surface area (Å²) in [6.07, 6.45) is -4.73. The van der Waals surface area contributed by atoms with E-state index in [1.807, 2.05) is 0 Å². The first kappa shape index (κ1) is 15.4. The topological polar surface area (TPSA) is 80.2 Å². The van der Waals surface area contributed by atoms with Gasteiger partial charge in [-0.2, -0.15) is 13.2 Å². The van der Waals surface area contributed by atoms with E-state index >= 15 is 0 Å². The van der Waals surface area contributed by atoms with Crippen LogP contribution in [0.1, 0.15) is 11.4 Å². The monoisotopic (exact) mass is 349 g/mol. The molecule has 1 aromatic heterocycles. The van der Waals surface area contributed by atoms with Gasteiger partial charge in [0, 0.05) is 29.6 Å². The van der Waals surface area contributed by atoms with Gasteiger partial charge in [-0.1, -0.05) is 11.3 Å². The van der Waals surface area contributed by atoms with Crippen LogP contribution in [-0.2, 0) is 20.0 Å². The molecule has 2 rings (SSSR count). The first-order chi connectivity index (χ1) is 9.06. The highest BCUT2D eigenvalue weighted by Crippen LogP contribution is 2.36. The number of nitrogens with zero attached hydrogens (tertiary/aromatic N) is 3. The van der Waals surface area contributed by atoms with Gasteiger partial charge < -0.3 is 0 Å². The summed E-state index contributed by atoms with van der Waals surface area (Å²) in [5.74, 6) is -1.48. The van der Waals surface area contributed by atoms with Gasteiger partial charge in [0.1, 0.15) is 0 Å². The molecule has 1 fully saturated rings. The smallest absolute Gasteiger partial charge is 0.286 e. The molecule has 0 aromatic carbocycles. The Bertz CT molecular complexity index is 630. The first-order valence-electron chi connectivity index (χ1n) is 5.19. The number of halogens is 4. The van der Waals surface area contributed by atoms with E-state index in [-0.39, 0.29) is 29.4 Å². The second kappa shape index (κ2) is 5.11. The van der Waals surface area contributed by atoms with Crippen LogP contribution < -0.4 is 4.90 Å². The minimum Gasteiger partial charge on any atom is -0.286 e. The fourth-order valence-electron chi connectivity index (χ4n) is 1.80. The van der Waals surface area contributed by atoms with Crippen molar-refractivity contribution in [1.29, 1.82) is 0 Å². The summed E-state index contributed by atoms with van der Waals surface area (Å²) in [7, 11) is 1.31. The number of amides is 1. The largest absolute Gasteiger partial charge is 0.445 e. The summed E-state index contributed by atoms with van der Waals surface area (Å²) >= 11 is 0.236. The number of hydrogen-bond donors (Lipinski definition) is 0. The molecule has 20 heavy (non-hydrogen) atoms. The third kappa shape index (κ3) is 3.58. The van der Waals surface area contributed by atoms with E-state index in [0.29, 0.717) is 0 Å². The van der Waals surface area contributed by atoms with Gasteiger partial charge in [0.05, 0.1) is 5.75 Å². The molecular formula is C8H7ClF3N3O3S2. The number of carbonyl (C=O) groups is 1. The lowest BCUT2D eigenvalue weighted by molar-refractivity contribution is -0.138. The molecule has 1 aliphatic heterocycles. The van der Waals surface area contributed by atoms with Crippen LogP contribution in [0.15, 0.2) is 0 Å². The highest BCUT2D eigenvalue weighted by Gasteiger charge is 2.39. The summed E-state index contributed by atoms with van der Waals surface area (Å²) < 4.78 is 59.0. The van der Waals surface area contributed by atoms with Crippen LogP contribution in [0.5, 0.6) is 0 Å². The number of rotatable bonds is 3. The highest BCUT2D eigenvalue weighted by atomic mass is 35.7. The van der Waals surface area contributed by atoms with Gasteiger partial charge in [-0.15, -0.1) is 10.2 Å². The van der Waals surface area contributed by atoms with Gasteiger partial charge >= 0.3 is 6.18 Å². The highest BCUT2D eigenvalue weighted by molar-refractivity contribution is 8.13. The number of alkyl halides is 3. The van der Waals surface area contributed by atoms with Crippen molar-refractivity contribution in [3.05, 3.63) is 5.01 Å². The van der Waals surface area contributed by atoms with Gasteiger partial charge in [0.25, 0.3) is 0 Å². The minimum absolute atomic E-state index is 0.0444. The van der Waals surface area contributed by atoms with Crippen LogP contribution in [-0.4, -0.2) is 36.8 Å². The van der Waals surface area contributed by atoms with Crippen LogP contribution in [0.25, 0.3) is 0 Å². The van der Waals surface area contributed by atoms with Crippen molar-refractivity contribution in [2.45, 2.75) is 12.6 Å². The maximum absolute atomic E-state index is 12.4. The lowest BCUT2D eigenvalue weighted by Crippen LogP contribution is -2.25. The molecule has 1 amide bonds. The Kier molecular flexibility index (Phi) is 3.95. The third-order valence-corrected chi connectivity index (χ3v) is 4.77. The summed E-state index contributed by atoms with van der Waals surface area (Å²) in [5, 5.41) is 4.93. The van der Waals surface area contributed by atoms with Crippen molar-refractivity contribution in [2.75, 3.05) is 17.2 Å².